The van der Waals surface area contributed by atoms with Crippen molar-refractivity contribution >= 4 is 23.3 Å². The molecule has 2 aromatic heterocycles. The highest BCUT2D eigenvalue weighted by Crippen LogP contribution is 2.07. The van der Waals surface area contributed by atoms with Gasteiger partial charge in [-0.1, -0.05) is 0 Å². The van der Waals surface area contributed by atoms with E-state index in [-0.39, 0.29) is 5.91 Å². The number of carbonyl (C=O) groups excluding carboxylic acids is 1. The van der Waals surface area contributed by atoms with Crippen molar-refractivity contribution in [1.82, 2.24) is 15.5 Å². The highest BCUT2D eigenvalue weighted by atomic mass is 32.1. The van der Waals surface area contributed by atoms with Crippen LogP contribution in [0.5, 0.6) is 0 Å². The normalized spacial score (nSPS) is 10.9. The molecule has 0 aromatic carbocycles. The van der Waals surface area contributed by atoms with Crippen LogP contribution >= 0.6 is 11.3 Å². The van der Waals surface area contributed by atoms with Crippen LogP contribution in [0.15, 0.2) is 29.1 Å². The molecule has 0 atom stereocenters. The van der Waals surface area contributed by atoms with Gasteiger partial charge in [0.2, 0.25) is 5.91 Å². The number of aromatic amines is 1. The second-order valence-corrected chi connectivity index (χ2v) is 4.41. The minimum atomic E-state index is -0.100. The van der Waals surface area contributed by atoms with E-state index < -0.39 is 0 Å². The lowest BCUT2D eigenvalue weighted by Gasteiger charge is -2.00. The van der Waals surface area contributed by atoms with Crippen molar-refractivity contribution in [2.45, 2.75) is 13.5 Å². The van der Waals surface area contributed by atoms with Crippen LogP contribution in [0.2, 0.25) is 0 Å². The third-order valence-electron chi connectivity index (χ3n) is 2.36. The summed E-state index contributed by atoms with van der Waals surface area (Å²) >= 11 is 1.61. The minimum absolute atomic E-state index is 0.100. The molecule has 88 valence electrons. The Morgan fingerprint density at radius 3 is 3.18 bits per heavy atom. The van der Waals surface area contributed by atoms with Gasteiger partial charge < -0.3 is 5.32 Å². The molecule has 0 aliphatic heterocycles. The van der Waals surface area contributed by atoms with Crippen LogP contribution in [-0.4, -0.2) is 16.1 Å². The number of aromatic nitrogens is 2. The van der Waals surface area contributed by atoms with Crippen LogP contribution in [0, 0.1) is 6.92 Å². The van der Waals surface area contributed by atoms with Gasteiger partial charge in [0.1, 0.15) is 0 Å². The number of carbonyl (C=O) groups is 1. The molecule has 2 heterocycles. The summed E-state index contributed by atoms with van der Waals surface area (Å²) < 4.78 is 0. The molecule has 0 radical (unpaired) electrons. The smallest absolute Gasteiger partial charge is 0.244 e. The van der Waals surface area contributed by atoms with Crippen molar-refractivity contribution in [3.05, 3.63) is 45.9 Å². The molecule has 0 fully saturated rings. The molecule has 2 rings (SSSR count). The number of aryl methyl sites for hydroxylation is 1. The third-order valence-corrected chi connectivity index (χ3v) is 3.06. The first-order chi connectivity index (χ1) is 8.25. The first kappa shape index (κ1) is 11.6. The van der Waals surface area contributed by atoms with E-state index in [1.54, 1.807) is 23.6 Å². The van der Waals surface area contributed by atoms with Gasteiger partial charge >= 0.3 is 0 Å². The van der Waals surface area contributed by atoms with Gasteiger partial charge in [-0.15, -0.1) is 0 Å². The maximum Gasteiger partial charge on any atom is 0.244 e. The van der Waals surface area contributed by atoms with Gasteiger partial charge in [-0.3, -0.25) is 9.89 Å². The fourth-order valence-electron chi connectivity index (χ4n) is 1.34. The summed E-state index contributed by atoms with van der Waals surface area (Å²) in [5.74, 6) is -0.100. The average molecular weight is 247 g/mol. The molecule has 0 aliphatic carbocycles. The molecular formula is C12H13N3OS. The van der Waals surface area contributed by atoms with Crippen LogP contribution in [0.3, 0.4) is 0 Å². The van der Waals surface area contributed by atoms with Gasteiger partial charge in [0, 0.05) is 23.9 Å². The Hall–Kier alpha value is -1.88. The molecule has 2 aromatic rings. The number of hydrogen-bond acceptors (Lipinski definition) is 3. The predicted molar refractivity (Wildman–Crippen MR) is 68.5 cm³/mol. The molecule has 0 bridgehead atoms. The van der Waals surface area contributed by atoms with Gasteiger partial charge in [-0.05, 0) is 35.4 Å². The molecule has 0 unspecified atom stereocenters. The van der Waals surface area contributed by atoms with Gasteiger partial charge in [-0.2, -0.15) is 16.4 Å². The third kappa shape index (κ3) is 3.29. The number of thiophene rings is 1. The average Bonchev–Trinajstić information content (AvgIpc) is 2.95. The van der Waals surface area contributed by atoms with Gasteiger partial charge in [0.05, 0.1) is 6.20 Å². The summed E-state index contributed by atoms with van der Waals surface area (Å²) in [5.41, 5.74) is 3.03. The number of hydrogen-bond donors (Lipinski definition) is 2. The summed E-state index contributed by atoms with van der Waals surface area (Å²) in [4.78, 5) is 11.5. The summed E-state index contributed by atoms with van der Waals surface area (Å²) in [5, 5.41) is 13.5. The summed E-state index contributed by atoms with van der Waals surface area (Å²) in [6.45, 7) is 2.42. The van der Waals surface area contributed by atoms with E-state index in [0.29, 0.717) is 6.54 Å². The lowest BCUT2D eigenvalue weighted by molar-refractivity contribution is -0.116. The summed E-state index contributed by atoms with van der Waals surface area (Å²) in [6.07, 6.45) is 5.06. The van der Waals surface area contributed by atoms with E-state index in [9.17, 15) is 4.79 Å². The first-order valence-electron chi connectivity index (χ1n) is 5.22. The Kier molecular flexibility index (Phi) is 3.72. The van der Waals surface area contributed by atoms with E-state index >= 15 is 0 Å². The van der Waals surface area contributed by atoms with Crippen molar-refractivity contribution in [3.63, 3.8) is 0 Å². The Labute approximate surface area is 103 Å². The van der Waals surface area contributed by atoms with Gasteiger partial charge in [0.15, 0.2) is 0 Å². The first-order valence-corrected chi connectivity index (χ1v) is 6.17. The Morgan fingerprint density at radius 1 is 1.65 bits per heavy atom. The second-order valence-electron chi connectivity index (χ2n) is 3.63. The molecule has 1 amide bonds. The molecule has 17 heavy (non-hydrogen) atoms. The molecule has 0 saturated heterocycles. The number of nitrogens with zero attached hydrogens (tertiary/aromatic N) is 1. The molecule has 0 saturated carbocycles. The van der Waals surface area contributed by atoms with Gasteiger partial charge in [0.25, 0.3) is 0 Å². The molecule has 2 N–H and O–H groups in total. The van der Waals surface area contributed by atoms with E-state index in [0.717, 1.165) is 16.8 Å². The highest BCUT2D eigenvalue weighted by Gasteiger charge is 2.01. The van der Waals surface area contributed by atoms with Crippen molar-refractivity contribution in [2.75, 3.05) is 0 Å². The number of H-pyrrole nitrogens is 1. The lowest BCUT2D eigenvalue weighted by atomic mass is 10.2. The molecule has 5 heteroatoms. The van der Waals surface area contributed by atoms with Crippen molar-refractivity contribution in [3.8, 4) is 0 Å². The SMILES string of the molecule is Cc1[nH]ncc1CNC(=O)C=Cc1ccsc1. The Morgan fingerprint density at radius 2 is 2.53 bits per heavy atom. The lowest BCUT2D eigenvalue weighted by Crippen LogP contribution is -2.20. The Balaban J connectivity index is 1.84. The Bertz CT molecular complexity index is 514. The van der Waals surface area contributed by atoms with Crippen molar-refractivity contribution in [1.29, 1.82) is 0 Å². The van der Waals surface area contributed by atoms with E-state index in [2.05, 4.69) is 15.5 Å². The molecule has 0 spiro atoms. The van der Waals surface area contributed by atoms with Crippen LogP contribution in [0.1, 0.15) is 16.8 Å². The minimum Gasteiger partial charge on any atom is -0.348 e. The van der Waals surface area contributed by atoms with Crippen LogP contribution in [0.25, 0.3) is 6.08 Å². The fraction of sp³-hybridized carbons (Fsp3) is 0.167. The van der Waals surface area contributed by atoms with E-state index in [1.807, 2.05) is 23.8 Å². The molecule has 0 aliphatic rings. The molecular weight excluding hydrogens is 234 g/mol. The molecule has 4 nitrogen and oxygen atoms in total. The van der Waals surface area contributed by atoms with Crippen molar-refractivity contribution in [2.24, 2.45) is 0 Å². The highest BCUT2D eigenvalue weighted by molar-refractivity contribution is 7.08. The fourth-order valence-corrected chi connectivity index (χ4v) is 1.97. The zero-order valence-electron chi connectivity index (χ0n) is 9.43. The van der Waals surface area contributed by atoms with Gasteiger partial charge in [-0.25, -0.2) is 0 Å². The van der Waals surface area contributed by atoms with Crippen molar-refractivity contribution < 1.29 is 4.79 Å². The second kappa shape index (κ2) is 5.45. The topological polar surface area (TPSA) is 57.8 Å². The van der Waals surface area contributed by atoms with E-state index in [1.165, 1.54) is 6.08 Å². The zero-order chi connectivity index (χ0) is 12.1. The van der Waals surface area contributed by atoms with E-state index in [4.69, 9.17) is 0 Å². The quantitative estimate of drug-likeness (QED) is 0.813. The maximum absolute atomic E-state index is 11.5. The predicted octanol–water partition coefficient (Wildman–Crippen LogP) is 2.11. The largest absolute Gasteiger partial charge is 0.348 e. The number of nitrogens with one attached hydrogen (secondary N) is 2. The van der Waals surface area contributed by atoms with Crippen LogP contribution in [0.4, 0.5) is 0 Å². The number of amides is 1. The van der Waals surface area contributed by atoms with Crippen LogP contribution < -0.4 is 5.32 Å². The standard InChI is InChI=1S/C12H13N3OS/c1-9-11(7-14-15-9)6-13-12(16)3-2-10-4-5-17-8-10/h2-5,7-8H,6H2,1H3,(H,13,16)(H,14,15). The maximum atomic E-state index is 11.5. The van der Waals surface area contributed by atoms with Crippen LogP contribution in [-0.2, 0) is 11.3 Å². The summed E-state index contributed by atoms with van der Waals surface area (Å²) in [6, 6.07) is 1.97. The monoisotopic (exact) mass is 247 g/mol. The zero-order valence-corrected chi connectivity index (χ0v) is 10.3. The number of rotatable bonds is 4. The summed E-state index contributed by atoms with van der Waals surface area (Å²) in [7, 11) is 0.